The molecule has 1 rings (SSSR count). The zero-order valence-electron chi connectivity index (χ0n) is 11.1. The van der Waals surface area contributed by atoms with Crippen LogP contribution >= 0.6 is 0 Å². The van der Waals surface area contributed by atoms with E-state index in [1.54, 1.807) is 0 Å². The SMILES string of the molecule is COc1cc(C(=O)CCN)c(OC)c(S(C)(=O)=O)c1. The van der Waals surface area contributed by atoms with E-state index in [0.717, 1.165) is 6.26 Å². The fourth-order valence-corrected chi connectivity index (χ4v) is 2.51. The van der Waals surface area contributed by atoms with Gasteiger partial charge in [0.15, 0.2) is 15.6 Å². The van der Waals surface area contributed by atoms with Crippen molar-refractivity contribution in [1.82, 2.24) is 0 Å². The van der Waals surface area contributed by atoms with Crippen molar-refractivity contribution in [3.63, 3.8) is 0 Å². The zero-order chi connectivity index (χ0) is 14.6. The van der Waals surface area contributed by atoms with Gasteiger partial charge in [-0.2, -0.15) is 0 Å². The second kappa shape index (κ2) is 6.03. The Kier molecular flexibility index (Phi) is 4.90. The molecule has 0 spiro atoms. The number of sulfone groups is 1. The minimum atomic E-state index is -3.54. The molecule has 19 heavy (non-hydrogen) atoms. The number of ether oxygens (including phenoxy) is 2. The normalized spacial score (nSPS) is 11.2. The Morgan fingerprint density at radius 1 is 1.26 bits per heavy atom. The van der Waals surface area contributed by atoms with E-state index in [1.807, 2.05) is 0 Å². The molecule has 0 radical (unpaired) electrons. The average molecular weight is 287 g/mol. The van der Waals surface area contributed by atoms with Gasteiger partial charge in [-0.25, -0.2) is 8.42 Å². The van der Waals surface area contributed by atoms with E-state index in [9.17, 15) is 13.2 Å². The maximum absolute atomic E-state index is 12.0. The quantitative estimate of drug-likeness (QED) is 0.771. The van der Waals surface area contributed by atoms with Gasteiger partial charge in [0.25, 0.3) is 0 Å². The van der Waals surface area contributed by atoms with Gasteiger partial charge in [-0.3, -0.25) is 4.79 Å². The third-order valence-corrected chi connectivity index (χ3v) is 3.64. The minimum absolute atomic E-state index is 0.0294. The summed E-state index contributed by atoms with van der Waals surface area (Å²) in [7, 11) is -0.829. The van der Waals surface area contributed by atoms with E-state index < -0.39 is 9.84 Å². The van der Waals surface area contributed by atoms with Crippen molar-refractivity contribution >= 4 is 15.6 Å². The van der Waals surface area contributed by atoms with E-state index in [4.69, 9.17) is 15.2 Å². The first-order chi connectivity index (χ1) is 8.85. The Morgan fingerprint density at radius 3 is 2.32 bits per heavy atom. The average Bonchev–Trinajstić information content (AvgIpc) is 2.36. The molecule has 0 saturated carbocycles. The second-order valence-electron chi connectivity index (χ2n) is 3.94. The number of carbonyl (C=O) groups excluding carboxylic acids is 1. The Morgan fingerprint density at radius 2 is 1.89 bits per heavy atom. The lowest BCUT2D eigenvalue weighted by Crippen LogP contribution is -2.12. The van der Waals surface area contributed by atoms with Crippen molar-refractivity contribution in [3.05, 3.63) is 17.7 Å². The van der Waals surface area contributed by atoms with Crippen LogP contribution in [0.5, 0.6) is 11.5 Å². The van der Waals surface area contributed by atoms with Gasteiger partial charge in [0.2, 0.25) is 0 Å². The topological polar surface area (TPSA) is 95.7 Å². The number of methoxy groups -OCH3 is 2. The standard InChI is InChI=1S/C12H17NO5S/c1-17-8-6-9(10(14)4-5-13)12(18-2)11(7-8)19(3,15)16/h6-7H,4-5,13H2,1-3H3. The molecule has 0 aliphatic rings. The zero-order valence-corrected chi connectivity index (χ0v) is 11.9. The highest BCUT2D eigenvalue weighted by atomic mass is 32.2. The molecule has 0 aliphatic heterocycles. The van der Waals surface area contributed by atoms with E-state index in [1.165, 1.54) is 26.4 Å². The summed E-state index contributed by atoms with van der Waals surface area (Å²) < 4.78 is 33.6. The van der Waals surface area contributed by atoms with Crippen LogP contribution in [0.3, 0.4) is 0 Å². The van der Waals surface area contributed by atoms with Gasteiger partial charge in [-0.1, -0.05) is 0 Å². The first kappa shape index (κ1) is 15.5. The molecule has 0 atom stereocenters. The summed E-state index contributed by atoms with van der Waals surface area (Å²) in [6.45, 7) is 0.174. The van der Waals surface area contributed by atoms with Crippen molar-refractivity contribution in [1.29, 1.82) is 0 Å². The highest BCUT2D eigenvalue weighted by Gasteiger charge is 2.23. The number of hydrogen-bond donors (Lipinski definition) is 1. The second-order valence-corrected chi connectivity index (χ2v) is 5.92. The highest BCUT2D eigenvalue weighted by molar-refractivity contribution is 7.90. The summed E-state index contributed by atoms with van der Waals surface area (Å²) in [5.41, 5.74) is 5.50. The molecule has 0 heterocycles. The van der Waals surface area contributed by atoms with Crippen LogP contribution in [0.1, 0.15) is 16.8 Å². The van der Waals surface area contributed by atoms with Gasteiger partial charge >= 0.3 is 0 Å². The van der Waals surface area contributed by atoms with Crippen LogP contribution in [0.4, 0.5) is 0 Å². The molecule has 0 aliphatic carbocycles. The Balaban J connectivity index is 3.57. The molecule has 7 heteroatoms. The molecular weight excluding hydrogens is 270 g/mol. The van der Waals surface area contributed by atoms with Crippen molar-refractivity contribution in [2.75, 3.05) is 27.0 Å². The summed E-state index contributed by atoms with van der Waals surface area (Å²) in [5.74, 6) is 0.0199. The summed E-state index contributed by atoms with van der Waals surface area (Å²) in [5, 5.41) is 0. The van der Waals surface area contributed by atoms with Gasteiger partial charge in [-0.15, -0.1) is 0 Å². The number of carbonyl (C=O) groups is 1. The smallest absolute Gasteiger partial charge is 0.179 e. The Bertz CT molecular complexity index is 580. The molecule has 0 bridgehead atoms. The lowest BCUT2D eigenvalue weighted by atomic mass is 10.1. The van der Waals surface area contributed by atoms with Gasteiger partial charge in [0.05, 0.1) is 19.8 Å². The van der Waals surface area contributed by atoms with Crippen LogP contribution in [-0.4, -0.2) is 41.2 Å². The third kappa shape index (κ3) is 3.45. The molecule has 0 aromatic heterocycles. The molecule has 0 saturated heterocycles. The monoisotopic (exact) mass is 287 g/mol. The van der Waals surface area contributed by atoms with E-state index in [0.29, 0.717) is 0 Å². The number of benzene rings is 1. The van der Waals surface area contributed by atoms with E-state index in [2.05, 4.69) is 0 Å². The number of Topliss-reactive ketones (excluding diaryl/α,β-unsaturated/α-hetero) is 1. The number of ketones is 1. The third-order valence-electron chi connectivity index (χ3n) is 2.54. The number of nitrogens with two attached hydrogens (primary N) is 1. The molecule has 0 unspecified atom stereocenters. The van der Waals surface area contributed by atoms with Gasteiger partial charge < -0.3 is 15.2 Å². The lowest BCUT2D eigenvalue weighted by molar-refractivity contribution is 0.0981. The lowest BCUT2D eigenvalue weighted by Gasteiger charge is -2.13. The van der Waals surface area contributed by atoms with Gasteiger partial charge in [-0.05, 0) is 12.6 Å². The Hall–Kier alpha value is -1.60. The van der Waals surface area contributed by atoms with Crippen LogP contribution in [0, 0.1) is 0 Å². The molecule has 2 N–H and O–H groups in total. The Labute approximate surface area is 112 Å². The molecule has 1 aromatic rings. The van der Waals surface area contributed by atoms with Crippen molar-refractivity contribution in [2.24, 2.45) is 5.73 Å². The summed E-state index contributed by atoms with van der Waals surface area (Å²) in [6.07, 6.45) is 1.15. The van der Waals surface area contributed by atoms with E-state index in [-0.39, 0.29) is 40.7 Å². The minimum Gasteiger partial charge on any atom is -0.497 e. The predicted molar refractivity (Wildman–Crippen MR) is 70.7 cm³/mol. The maximum Gasteiger partial charge on any atom is 0.179 e. The summed E-state index contributed by atoms with van der Waals surface area (Å²) >= 11 is 0. The molecular formula is C12H17NO5S. The van der Waals surface area contributed by atoms with Crippen LogP contribution in [0.2, 0.25) is 0 Å². The predicted octanol–water partition coefficient (Wildman–Crippen LogP) is 0.639. The first-order valence-corrected chi connectivity index (χ1v) is 7.43. The molecule has 0 fully saturated rings. The van der Waals surface area contributed by atoms with Crippen molar-refractivity contribution in [3.8, 4) is 11.5 Å². The molecule has 106 valence electrons. The molecule has 6 nitrogen and oxygen atoms in total. The van der Waals surface area contributed by atoms with Gasteiger partial charge in [0, 0.05) is 18.7 Å². The maximum atomic E-state index is 12.0. The highest BCUT2D eigenvalue weighted by Crippen LogP contribution is 2.33. The van der Waals surface area contributed by atoms with Gasteiger partial charge in [0.1, 0.15) is 16.4 Å². The van der Waals surface area contributed by atoms with E-state index >= 15 is 0 Å². The van der Waals surface area contributed by atoms with Crippen LogP contribution in [-0.2, 0) is 9.84 Å². The van der Waals surface area contributed by atoms with Crippen LogP contribution in [0.15, 0.2) is 17.0 Å². The summed E-state index contributed by atoms with van der Waals surface area (Å²) in [4.78, 5) is 11.9. The molecule has 1 aromatic carbocycles. The number of hydrogen-bond acceptors (Lipinski definition) is 6. The number of rotatable bonds is 6. The fourth-order valence-electron chi connectivity index (χ4n) is 1.65. The van der Waals surface area contributed by atoms with Crippen LogP contribution in [0.25, 0.3) is 0 Å². The first-order valence-electron chi connectivity index (χ1n) is 5.54. The fraction of sp³-hybridized carbons (Fsp3) is 0.417. The molecule has 0 amide bonds. The summed E-state index contributed by atoms with van der Waals surface area (Å²) in [6, 6.07) is 2.78. The van der Waals surface area contributed by atoms with Crippen molar-refractivity contribution in [2.45, 2.75) is 11.3 Å². The van der Waals surface area contributed by atoms with Crippen LogP contribution < -0.4 is 15.2 Å². The largest absolute Gasteiger partial charge is 0.497 e. The van der Waals surface area contributed by atoms with Crippen molar-refractivity contribution < 1.29 is 22.7 Å².